The van der Waals surface area contributed by atoms with Gasteiger partial charge in [0.2, 0.25) is 0 Å². The van der Waals surface area contributed by atoms with Crippen molar-refractivity contribution in [2.45, 2.75) is 4.90 Å². The van der Waals surface area contributed by atoms with Gasteiger partial charge in [0.15, 0.2) is 4.90 Å². The predicted molar refractivity (Wildman–Crippen MR) is 77.3 cm³/mol. The number of nitro benzene ring substituents is 1. The Morgan fingerprint density at radius 2 is 1.86 bits per heavy atom. The van der Waals surface area contributed by atoms with Crippen LogP contribution in [0.3, 0.4) is 0 Å². The molecule has 1 aromatic heterocycles. The second kappa shape index (κ2) is 5.37. The molecule has 0 fully saturated rings. The highest BCUT2D eigenvalue weighted by Crippen LogP contribution is 2.30. The summed E-state index contributed by atoms with van der Waals surface area (Å²) in [6.45, 7) is 0. The Hall–Kier alpha value is -2.68. The first-order valence-corrected chi connectivity index (χ1v) is 7.21. The molecule has 0 radical (unpaired) electrons. The fourth-order valence-electron chi connectivity index (χ4n) is 1.73. The number of rotatable bonds is 4. The molecule has 0 bridgehead atoms. The minimum atomic E-state index is -4.11. The van der Waals surface area contributed by atoms with Gasteiger partial charge in [-0.15, -0.1) is 0 Å². The molecule has 9 heteroatoms. The molecule has 0 saturated carbocycles. The van der Waals surface area contributed by atoms with Gasteiger partial charge in [0.1, 0.15) is 0 Å². The summed E-state index contributed by atoms with van der Waals surface area (Å²) in [4.78, 5) is 13.6. The molecule has 0 aliphatic rings. The van der Waals surface area contributed by atoms with E-state index in [9.17, 15) is 18.5 Å². The first kappa shape index (κ1) is 14.7. The lowest BCUT2D eigenvalue weighted by Crippen LogP contribution is -2.27. The molecule has 0 saturated heterocycles. The predicted octanol–water partition coefficient (Wildman–Crippen LogP) is 1.40. The molecule has 110 valence electrons. The first-order valence-electron chi connectivity index (χ1n) is 5.77. The zero-order valence-electron chi connectivity index (χ0n) is 11.0. The van der Waals surface area contributed by atoms with Gasteiger partial charge in [-0.1, -0.05) is 0 Å². The number of nitrogens with two attached hydrogens (primary N) is 1. The van der Waals surface area contributed by atoms with Crippen LogP contribution < -0.4 is 10.0 Å². The maximum atomic E-state index is 12.6. The third-order valence-corrected chi connectivity index (χ3v) is 4.66. The fraction of sp³-hybridized carbons (Fsp3) is 0.0833. The largest absolute Gasteiger partial charge is 0.399 e. The highest BCUT2D eigenvalue weighted by Gasteiger charge is 2.30. The molecule has 0 atom stereocenters. The molecule has 0 amide bonds. The third-order valence-electron chi connectivity index (χ3n) is 2.85. The van der Waals surface area contributed by atoms with Gasteiger partial charge in [0, 0.05) is 31.2 Å². The first-order chi connectivity index (χ1) is 9.84. The van der Waals surface area contributed by atoms with Crippen molar-refractivity contribution in [1.29, 1.82) is 0 Å². The highest BCUT2D eigenvalue weighted by atomic mass is 32.2. The van der Waals surface area contributed by atoms with Crippen LogP contribution in [0.4, 0.5) is 17.1 Å². The van der Waals surface area contributed by atoms with Crippen molar-refractivity contribution in [2.24, 2.45) is 0 Å². The molecule has 0 unspecified atom stereocenters. The monoisotopic (exact) mass is 308 g/mol. The summed E-state index contributed by atoms with van der Waals surface area (Å²) in [5.41, 5.74) is 5.49. The van der Waals surface area contributed by atoms with Crippen LogP contribution in [0.5, 0.6) is 0 Å². The standard InChI is InChI=1S/C12H12N4O4S/c1-15(10-4-6-14-7-5-10)21(19,20)12-8-9(13)2-3-11(12)16(17)18/h2-8H,13H2,1H3. The summed E-state index contributed by atoms with van der Waals surface area (Å²) in [5.74, 6) is 0. The highest BCUT2D eigenvalue weighted by molar-refractivity contribution is 7.93. The minimum Gasteiger partial charge on any atom is -0.399 e. The molecule has 1 heterocycles. The number of nitrogens with zero attached hydrogens (tertiary/aromatic N) is 3. The van der Waals surface area contributed by atoms with E-state index in [0.29, 0.717) is 5.69 Å². The summed E-state index contributed by atoms with van der Waals surface area (Å²) in [6, 6.07) is 6.39. The summed E-state index contributed by atoms with van der Waals surface area (Å²) in [7, 11) is -2.80. The van der Waals surface area contributed by atoms with Crippen molar-refractivity contribution in [3.05, 3.63) is 52.8 Å². The Morgan fingerprint density at radius 1 is 1.24 bits per heavy atom. The third kappa shape index (κ3) is 2.77. The van der Waals surface area contributed by atoms with E-state index < -0.39 is 25.5 Å². The summed E-state index contributed by atoms with van der Waals surface area (Å²) in [5, 5.41) is 11.0. The van der Waals surface area contributed by atoms with Crippen LogP contribution in [0.1, 0.15) is 0 Å². The number of hydrogen-bond donors (Lipinski definition) is 1. The van der Waals surface area contributed by atoms with Crippen LogP contribution in [-0.2, 0) is 10.0 Å². The van der Waals surface area contributed by atoms with E-state index >= 15 is 0 Å². The van der Waals surface area contributed by atoms with Crippen LogP contribution >= 0.6 is 0 Å². The summed E-state index contributed by atoms with van der Waals surface area (Å²) < 4.78 is 26.1. The quantitative estimate of drug-likeness (QED) is 0.518. The fourth-order valence-corrected chi connectivity index (χ4v) is 3.11. The normalized spacial score (nSPS) is 11.1. The number of anilines is 2. The van der Waals surface area contributed by atoms with Gasteiger partial charge >= 0.3 is 0 Å². The van der Waals surface area contributed by atoms with Crippen LogP contribution in [0.25, 0.3) is 0 Å². The van der Waals surface area contributed by atoms with Crippen molar-refractivity contribution in [1.82, 2.24) is 4.98 Å². The SMILES string of the molecule is CN(c1ccncc1)S(=O)(=O)c1cc(N)ccc1[N+](=O)[O-]. The van der Waals surface area contributed by atoms with Crippen LogP contribution in [0.15, 0.2) is 47.6 Å². The van der Waals surface area contributed by atoms with Crippen molar-refractivity contribution in [2.75, 3.05) is 17.1 Å². The molecule has 0 aliphatic carbocycles. The van der Waals surface area contributed by atoms with E-state index in [4.69, 9.17) is 5.73 Å². The zero-order chi connectivity index (χ0) is 15.6. The van der Waals surface area contributed by atoms with E-state index in [1.165, 1.54) is 37.6 Å². The van der Waals surface area contributed by atoms with Gasteiger partial charge < -0.3 is 5.73 Å². The van der Waals surface area contributed by atoms with Gasteiger partial charge in [-0.2, -0.15) is 0 Å². The van der Waals surface area contributed by atoms with Crippen molar-refractivity contribution in [3.8, 4) is 0 Å². The van der Waals surface area contributed by atoms with Gasteiger partial charge in [-0.05, 0) is 24.3 Å². The second-order valence-corrected chi connectivity index (χ2v) is 6.10. The minimum absolute atomic E-state index is 0.127. The molecule has 8 nitrogen and oxygen atoms in total. The van der Waals surface area contributed by atoms with E-state index in [2.05, 4.69) is 4.98 Å². The Balaban J connectivity index is 2.59. The average Bonchev–Trinajstić information content (AvgIpc) is 2.47. The lowest BCUT2D eigenvalue weighted by atomic mass is 10.3. The van der Waals surface area contributed by atoms with Gasteiger partial charge in [-0.25, -0.2) is 8.42 Å². The van der Waals surface area contributed by atoms with E-state index in [-0.39, 0.29) is 5.69 Å². The van der Waals surface area contributed by atoms with Gasteiger partial charge in [0.05, 0.1) is 10.6 Å². The van der Waals surface area contributed by atoms with Crippen LogP contribution in [-0.4, -0.2) is 25.4 Å². The Kier molecular flexibility index (Phi) is 3.76. The van der Waals surface area contributed by atoms with Crippen molar-refractivity contribution < 1.29 is 13.3 Å². The molecule has 2 N–H and O–H groups in total. The van der Waals surface area contributed by atoms with Crippen molar-refractivity contribution >= 4 is 27.1 Å². The van der Waals surface area contributed by atoms with Crippen molar-refractivity contribution in [3.63, 3.8) is 0 Å². The number of benzene rings is 1. The number of nitrogen functional groups attached to an aromatic ring is 1. The molecule has 2 rings (SSSR count). The Bertz CT molecular complexity index is 777. The average molecular weight is 308 g/mol. The molecule has 1 aromatic carbocycles. The number of hydrogen-bond acceptors (Lipinski definition) is 6. The smallest absolute Gasteiger partial charge is 0.290 e. The van der Waals surface area contributed by atoms with E-state index in [0.717, 1.165) is 16.4 Å². The topological polar surface area (TPSA) is 119 Å². The second-order valence-electron chi connectivity index (χ2n) is 4.16. The summed E-state index contributed by atoms with van der Waals surface area (Å²) in [6.07, 6.45) is 2.85. The lowest BCUT2D eigenvalue weighted by molar-refractivity contribution is -0.387. The van der Waals surface area contributed by atoms with Gasteiger partial charge in [0.25, 0.3) is 15.7 Å². The van der Waals surface area contributed by atoms with E-state index in [1.807, 2.05) is 0 Å². The Morgan fingerprint density at radius 3 is 2.43 bits per heavy atom. The molecular formula is C12H12N4O4S. The van der Waals surface area contributed by atoms with Crippen LogP contribution in [0, 0.1) is 10.1 Å². The van der Waals surface area contributed by atoms with E-state index in [1.54, 1.807) is 0 Å². The number of sulfonamides is 1. The molecule has 0 aliphatic heterocycles. The maximum Gasteiger partial charge on any atom is 0.290 e. The Labute approximate surface area is 121 Å². The lowest BCUT2D eigenvalue weighted by Gasteiger charge is -2.19. The van der Waals surface area contributed by atoms with Gasteiger partial charge in [-0.3, -0.25) is 19.4 Å². The molecule has 21 heavy (non-hydrogen) atoms. The molecule has 0 spiro atoms. The number of aromatic nitrogens is 1. The number of nitro groups is 1. The number of pyridine rings is 1. The van der Waals surface area contributed by atoms with Crippen LogP contribution in [0.2, 0.25) is 0 Å². The zero-order valence-corrected chi connectivity index (χ0v) is 11.8. The summed E-state index contributed by atoms with van der Waals surface area (Å²) >= 11 is 0. The molecule has 2 aromatic rings. The molecular weight excluding hydrogens is 296 g/mol. The maximum absolute atomic E-state index is 12.6.